The quantitative estimate of drug-likeness (QED) is 0.618. The van der Waals surface area contributed by atoms with Crippen molar-refractivity contribution in [3.05, 3.63) is 59.7 Å². The summed E-state index contributed by atoms with van der Waals surface area (Å²) in [7, 11) is 1.55. The van der Waals surface area contributed by atoms with Gasteiger partial charge in [0.25, 0.3) is 0 Å². The van der Waals surface area contributed by atoms with Gasteiger partial charge in [-0.3, -0.25) is 10.1 Å². The van der Waals surface area contributed by atoms with E-state index in [2.05, 4.69) is 29.6 Å². The van der Waals surface area contributed by atoms with E-state index in [0.717, 1.165) is 22.3 Å². The minimum atomic E-state index is -1.53. The van der Waals surface area contributed by atoms with Crippen molar-refractivity contribution in [3.63, 3.8) is 0 Å². The molecule has 1 atom stereocenters. The number of primary amides is 1. The number of carbonyl (C=O) groups is 2. The molecule has 2 aromatic rings. The van der Waals surface area contributed by atoms with E-state index < -0.39 is 17.4 Å². The van der Waals surface area contributed by atoms with Crippen molar-refractivity contribution in [1.82, 2.24) is 5.32 Å². The van der Waals surface area contributed by atoms with E-state index in [1.165, 1.54) is 0 Å². The lowest BCUT2D eigenvalue weighted by Crippen LogP contribution is -2.63. The fourth-order valence-corrected chi connectivity index (χ4v) is 3.85. The number of hydrogen-bond donors (Lipinski definition) is 2. The second-order valence-corrected chi connectivity index (χ2v) is 6.90. The Morgan fingerprint density at radius 1 is 1.08 bits per heavy atom. The number of nitrogens with two attached hydrogens (primary N) is 1. The average molecular weight is 352 g/mol. The Hall–Kier alpha value is -2.66. The summed E-state index contributed by atoms with van der Waals surface area (Å²) in [5, 5.41) is 2.78. The first-order valence-electron chi connectivity index (χ1n) is 8.77. The molecule has 0 radical (unpaired) electrons. The lowest BCUT2D eigenvalue weighted by Gasteiger charge is -2.32. The molecular weight excluding hydrogens is 328 g/mol. The van der Waals surface area contributed by atoms with Gasteiger partial charge in [-0.05, 0) is 35.2 Å². The van der Waals surface area contributed by atoms with Gasteiger partial charge in [0.2, 0.25) is 5.91 Å². The summed E-state index contributed by atoms with van der Waals surface area (Å²) < 4.78 is 5.62. The maximum absolute atomic E-state index is 12.8. The Morgan fingerprint density at radius 3 is 2.00 bits per heavy atom. The summed E-state index contributed by atoms with van der Waals surface area (Å²) in [4.78, 5) is 24.8. The van der Waals surface area contributed by atoms with Crippen LogP contribution in [0.25, 0.3) is 11.1 Å². The van der Waals surface area contributed by atoms with E-state index in [9.17, 15) is 9.59 Å². The highest BCUT2D eigenvalue weighted by Crippen LogP contribution is 2.44. The monoisotopic (exact) mass is 352 g/mol. The predicted octanol–water partition coefficient (Wildman–Crippen LogP) is 2.44. The maximum atomic E-state index is 12.8. The molecule has 0 bridgehead atoms. The number of esters is 1. The highest BCUT2D eigenvalue weighted by molar-refractivity contribution is 6.07. The van der Waals surface area contributed by atoms with E-state index >= 15 is 0 Å². The second-order valence-electron chi connectivity index (χ2n) is 6.90. The van der Waals surface area contributed by atoms with Crippen LogP contribution in [0, 0.1) is 5.92 Å². The van der Waals surface area contributed by atoms with Crippen molar-refractivity contribution < 1.29 is 14.3 Å². The van der Waals surface area contributed by atoms with Gasteiger partial charge < -0.3 is 10.5 Å². The molecule has 0 aromatic heterocycles. The van der Waals surface area contributed by atoms with E-state index in [-0.39, 0.29) is 18.4 Å². The summed E-state index contributed by atoms with van der Waals surface area (Å²) in [5.41, 5.74) is 8.55. The maximum Gasteiger partial charge on any atom is 0.336 e. The third-order valence-electron chi connectivity index (χ3n) is 5.31. The van der Waals surface area contributed by atoms with Crippen molar-refractivity contribution in [1.29, 1.82) is 0 Å². The molecule has 3 N–H and O–H groups in total. The van der Waals surface area contributed by atoms with Gasteiger partial charge in [-0.15, -0.1) is 0 Å². The zero-order chi connectivity index (χ0) is 18.9. The van der Waals surface area contributed by atoms with E-state index in [1.54, 1.807) is 20.9 Å². The minimum Gasteiger partial charge on any atom is -0.463 e. The molecule has 0 spiro atoms. The minimum absolute atomic E-state index is 0.0547. The number of fused-ring (bicyclic) bond motifs is 3. The molecule has 1 aliphatic carbocycles. The molecule has 3 rings (SSSR count). The van der Waals surface area contributed by atoms with Gasteiger partial charge in [-0.1, -0.05) is 62.4 Å². The van der Waals surface area contributed by atoms with E-state index in [1.807, 2.05) is 24.3 Å². The number of likely N-dealkylation sites (N-methyl/N-ethyl adjacent to an activating group) is 1. The predicted molar refractivity (Wildman–Crippen MR) is 101 cm³/mol. The highest BCUT2D eigenvalue weighted by Gasteiger charge is 2.48. The van der Waals surface area contributed by atoms with Crippen molar-refractivity contribution in [2.45, 2.75) is 25.3 Å². The van der Waals surface area contributed by atoms with Crippen molar-refractivity contribution in [3.8, 4) is 11.1 Å². The smallest absolute Gasteiger partial charge is 0.336 e. The first-order valence-corrected chi connectivity index (χ1v) is 8.77. The standard InChI is InChI=1S/C21H24N2O3/c1-13(2)21(23-3,19(22)24)20(25)26-12-18-16-10-6-4-8-14(16)15-9-5-7-11-17(15)18/h4-11,13,18,23H,12H2,1-3H3,(H2,22,24)/t21-/m0/s1. The third-order valence-corrected chi connectivity index (χ3v) is 5.31. The van der Waals surface area contributed by atoms with Gasteiger partial charge in [0.1, 0.15) is 6.61 Å². The molecule has 1 amide bonds. The first kappa shape index (κ1) is 18.1. The van der Waals surface area contributed by atoms with Crippen LogP contribution in [0.2, 0.25) is 0 Å². The third kappa shape index (κ3) is 2.69. The van der Waals surface area contributed by atoms with Crippen LogP contribution in [0.15, 0.2) is 48.5 Å². The van der Waals surface area contributed by atoms with E-state index in [0.29, 0.717) is 0 Å². The van der Waals surface area contributed by atoms with Crippen LogP contribution in [-0.4, -0.2) is 31.1 Å². The number of benzene rings is 2. The fourth-order valence-electron chi connectivity index (χ4n) is 3.85. The van der Waals surface area contributed by atoms with Crippen LogP contribution < -0.4 is 11.1 Å². The summed E-state index contributed by atoms with van der Waals surface area (Å²) >= 11 is 0. The van der Waals surface area contributed by atoms with Crippen molar-refractivity contribution >= 4 is 11.9 Å². The summed E-state index contributed by atoms with van der Waals surface area (Å²) in [5.74, 6) is -1.75. The Kier molecular flexibility index (Phi) is 4.83. The molecule has 0 saturated carbocycles. The van der Waals surface area contributed by atoms with Gasteiger partial charge >= 0.3 is 5.97 Å². The van der Waals surface area contributed by atoms with Gasteiger partial charge in [0, 0.05) is 5.92 Å². The Morgan fingerprint density at radius 2 is 1.58 bits per heavy atom. The number of carbonyl (C=O) groups excluding carboxylic acids is 2. The summed E-state index contributed by atoms with van der Waals surface area (Å²) in [6, 6.07) is 16.2. The zero-order valence-corrected chi connectivity index (χ0v) is 15.3. The number of amides is 1. The van der Waals surface area contributed by atoms with Crippen LogP contribution in [0.1, 0.15) is 30.9 Å². The molecule has 0 unspecified atom stereocenters. The molecule has 136 valence electrons. The molecular formula is C21H24N2O3. The van der Waals surface area contributed by atoms with Crippen molar-refractivity contribution in [2.75, 3.05) is 13.7 Å². The second kappa shape index (κ2) is 6.92. The molecule has 5 nitrogen and oxygen atoms in total. The Bertz CT molecular complexity index is 801. The van der Waals surface area contributed by atoms with Crippen LogP contribution in [0.3, 0.4) is 0 Å². The molecule has 0 aliphatic heterocycles. The zero-order valence-electron chi connectivity index (χ0n) is 15.3. The molecule has 26 heavy (non-hydrogen) atoms. The van der Waals surface area contributed by atoms with Gasteiger partial charge in [0.05, 0.1) is 0 Å². The summed E-state index contributed by atoms with van der Waals surface area (Å²) in [6.45, 7) is 3.70. The number of hydrogen-bond acceptors (Lipinski definition) is 4. The Labute approximate surface area is 153 Å². The van der Waals surface area contributed by atoms with Gasteiger partial charge in [0.15, 0.2) is 5.54 Å². The van der Waals surface area contributed by atoms with Crippen LogP contribution in [-0.2, 0) is 14.3 Å². The topological polar surface area (TPSA) is 81.4 Å². The average Bonchev–Trinajstić information content (AvgIpc) is 2.94. The van der Waals surface area contributed by atoms with Crippen LogP contribution in [0.4, 0.5) is 0 Å². The lowest BCUT2D eigenvalue weighted by molar-refractivity contribution is -0.158. The number of nitrogens with one attached hydrogen (secondary N) is 1. The Balaban J connectivity index is 1.88. The van der Waals surface area contributed by atoms with E-state index in [4.69, 9.17) is 10.5 Å². The SMILES string of the molecule is CN[C@@](C(N)=O)(C(=O)OCC1c2ccccc2-c2ccccc21)C(C)C. The largest absolute Gasteiger partial charge is 0.463 e. The number of ether oxygens (including phenoxy) is 1. The summed E-state index contributed by atoms with van der Waals surface area (Å²) in [6.07, 6.45) is 0. The fraction of sp³-hybridized carbons (Fsp3) is 0.333. The molecule has 5 heteroatoms. The molecule has 0 heterocycles. The molecule has 0 fully saturated rings. The molecule has 0 saturated heterocycles. The lowest BCUT2D eigenvalue weighted by atomic mass is 9.85. The van der Waals surface area contributed by atoms with Crippen LogP contribution in [0.5, 0.6) is 0 Å². The van der Waals surface area contributed by atoms with Crippen LogP contribution >= 0.6 is 0 Å². The molecule has 1 aliphatic rings. The number of rotatable bonds is 6. The highest BCUT2D eigenvalue weighted by atomic mass is 16.5. The van der Waals surface area contributed by atoms with Crippen molar-refractivity contribution in [2.24, 2.45) is 11.7 Å². The first-order chi connectivity index (χ1) is 12.4. The van der Waals surface area contributed by atoms with Gasteiger partial charge in [-0.2, -0.15) is 0 Å². The molecule has 2 aromatic carbocycles. The normalized spacial score (nSPS) is 15.2. The van der Waals surface area contributed by atoms with Gasteiger partial charge in [-0.25, -0.2) is 4.79 Å².